The van der Waals surface area contributed by atoms with E-state index in [-0.39, 0.29) is 24.3 Å². The summed E-state index contributed by atoms with van der Waals surface area (Å²) in [7, 11) is -1.97. The third-order valence-electron chi connectivity index (χ3n) is 4.03. The molecule has 2 aliphatic rings. The Hall–Kier alpha value is -0.660. The minimum absolute atomic E-state index is 0.0158. The number of hydrogen-bond donors (Lipinski definition) is 1. The van der Waals surface area contributed by atoms with E-state index in [1.165, 1.54) is 0 Å². The first-order valence-electron chi connectivity index (χ1n) is 6.15. The first kappa shape index (κ1) is 13.8. The SMILES string of the molecule is COCC1(CN2CC(S(N)(=O)=O)CC2=O)CCC1. The number of hydrogen-bond acceptors (Lipinski definition) is 4. The van der Waals surface area contributed by atoms with Crippen molar-refractivity contribution < 1.29 is 17.9 Å². The fraction of sp³-hybridized carbons (Fsp3) is 0.909. The fourth-order valence-corrected chi connectivity index (χ4v) is 3.61. The molecule has 18 heavy (non-hydrogen) atoms. The Bertz CT molecular complexity index is 430. The van der Waals surface area contributed by atoms with E-state index in [4.69, 9.17) is 9.88 Å². The van der Waals surface area contributed by atoms with Crippen molar-refractivity contribution in [2.24, 2.45) is 10.6 Å². The minimum Gasteiger partial charge on any atom is -0.384 e. The molecule has 1 saturated carbocycles. The highest BCUT2D eigenvalue weighted by atomic mass is 32.2. The molecule has 0 aromatic carbocycles. The highest BCUT2D eigenvalue weighted by molar-refractivity contribution is 7.89. The van der Waals surface area contributed by atoms with Gasteiger partial charge in [0.15, 0.2) is 0 Å². The Morgan fingerprint density at radius 1 is 1.50 bits per heavy atom. The Labute approximate surface area is 108 Å². The maximum Gasteiger partial charge on any atom is 0.224 e. The van der Waals surface area contributed by atoms with Gasteiger partial charge in [0.25, 0.3) is 0 Å². The van der Waals surface area contributed by atoms with Gasteiger partial charge in [0.05, 0.1) is 6.61 Å². The van der Waals surface area contributed by atoms with E-state index in [0.717, 1.165) is 19.3 Å². The van der Waals surface area contributed by atoms with Crippen molar-refractivity contribution in [1.82, 2.24) is 4.90 Å². The normalized spacial score (nSPS) is 27.3. The lowest BCUT2D eigenvalue weighted by Gasteiger charge is -2.43. The summed E-state index contributed by atoms with van der Waals surface area (Å²) < 4.78 is 27.8. The number of carbonyl (C=O) groups excluding carboxylic acids is 1. The third kappa shape index (κ3) is 2.67. The van der Waals surface area contributed by atoms with Gasteiger partial charge in [-0.1, -0.05) is 6.42 Å². The van der Waals surface area contributed by atoms with Crippen LogP contribution in [0.25, 0.3) is 0 Å². The predicted octanol–water partition coefficient (Wildman–Crippen LogP) is -0.307. The zero-order valence-electron chi connectivity index (χ0n) is 10.6. The van der Waals surface area contributed by atoms with Gasteiger partial charge in [0, 0.05) is 32.0 Å². The van der Waals surface area contributed by atoms with E-state index in [0.29, 0.717) is 13.2 Å². The lowest BCUT2D eigenvalue weighted by Crippen LogP contribution is -2.46. The zero-order chi connectivity index (χ0) is 13.4. The first-order chi connectivity index (χ1) is 8.36. The number of nitrogens with zero attached hydrogens (tertiary/aromatic N) is 1. The summed E-state index contributed by atoms with van der Waals surface area (Å²) in [6, 6.07) is 0. The zero-order valence-corrected chi connectivity index (χ0v) is 11.4. The van der Waals surface area contributed by atoms with Crippen molar-refractivity contribution in [1.29, 1.82) is 0 Å². The number of nitrogens with two attached hydrogens (primary N) is 1. The molecule has 1 heterocycles. The summed E-state index contributed by atoms with van der Waals surface area (Å²) >= 11 is 0. The largest absolute Gasteiger partial charge is 0.384 e. The Morgan fingerprint density at radius 3 is 2.56 bits per heavy atom. The number of rotatable bonds is 5. The van der Waals surface area contributed by atoms with Gasteiger partial charge in [-0.2, -0.15) is 0 Å². The number of amides is 1. The molecule has 1 atom stereocenters. The second-order valence-corrected chi connectivity index (χ2v) is 7.32. The lowest BCUT2D eigenvalue weighted by atomic mass is 9.69. The summed E-state index contributed by atoms with van der Waals surface area (Å²) in [5.74, 6) is -0.114. The van der Waals surface area contributed by atoms with E-state index in [1.54, 1.807) is 12.0 Å². The molecule has 1 amide bonds. The standard InChI is InChI=1S/C11H20N2O4S/c1-17-8-11(3-2-4-11)7-13-6-9(5-10(13)14)18(12,15)16/h9H,2-8H2,1H3,(H2,12,15,16). The average molecular weight is 276 g/mol. The number of methoxy groups -OCH3 is 1. The number of ether oxygens (including phenoxy) is 1. The summed E-state index contributed by atoms with van der Waals surface area (Å²) in [5.41, 5.74) is 0.0255. The molecule has 0 aromatic rings. The highest BCUT2D eigenvalue weighted by Crippen LogP contribution is 2.42. The van der Waals surface area contributed by atoms with E-state index >= 15 is 0 Å². The smallest absolute Gasteiger partial charge is 0.224 e. The van der Waals surface area contributed by atoms with Crippen molar-refractivity contribution in [2.75, 3.05) is 26.8 Å². The Balaban J connectivity index is 2.00. The minimum atomic E-state index is -3.62. The number of likely N-dealkylation sites (tertiary alicyclic amines) is 1. The molecule has 2 fully saturated rings. The molecular weight excluding hydrogens is 256 g/mol. The summed E-state index contributed by atoms with van der Waals surface area (Å²) in [6.07, 6.45) is 3.22. The molecule has 1 aliphatic heterocycles. The van der Waals surface area contributed by atoms with Crippen molar-refractivity contribution in [3.05, 3.63) is 0 Å². The van der Waals surface area contributed by atoms with Crippen LogP contribution in [0, 0.1) is 5.41 Å². The Kier molecular flexibility index (Phi) is 3.66. The number of primary sulfonamides is 1. The van der Waals surface area contributed by atoms with Crippen LogP contribution in [0.2, 0.25) is 0 Å². The maximum absolute atomic E-state index is 11.8. The van der Waals surface area contributed by atoms with Crippen LogP contribution in [-0.4, -0.2) is 51.3 Å². The van der Waals surface area contributed by atoms with Gasteiger partial charge in [-0.15, -0.1) is 0 Å². The van der Waals surface area contributed by atoms with Crippen LogP contribution >= 0.6 is 0 Å². The molecule has 1 aliphatic carbocycles. The molecule has 1 saturated heterocycles. The molecule has 0 spiro atoms. The van der Waals surface area contributed by atoms with Gasteiger partial charge >= 0.3 is 0 Å². The molecule has 2 N–H and O–H groups in total. The van der Waals surface area contributed by atoms with Gasteiger partial charge in [-0.25, -0.2) is 13.6 Å². The van der Waals surface area contributed by atoms with Gasteiger partial charge in [0.2, 0.25) is 15.9 Å². The monoisotopic (exact) mass is 276 g/mol. The molecule has 104 valence electrons. The molecule has 0 radical (unpaired) electrons. The molecule has 0 aromatic heterocycles. The van der Waals surface area contributed by atoms with Crippen LogP contribution in [0.15, 0.2) is 0 Å². The Morgan fingerprint density at radius 2 is 2.17 bits per heavy atom. The summed E-state index contributed by atoms with van der Waals surface area (Å²) in [4.78, 5) is 13.5. The van der Waals surface area contributed by atoms with E-state index in [2.05, 4.69) is 0 Å². The maximum atomic E-state index is 11.8. The number of carbonyl (C=O) groups is 1. The molecular formula is C11H20N2O4S. The second-order valence-electron chi connectivity index (χ2n) is 5.48. The van der Waals surface area contributed by atoms with Crippen LogP contribution in [0.3, 0.4) is 0 Å². The topological polar surface area (TPSA) is 89.7 Å². The van der Waals surface area contributed by atoms with Crippen LogP contribution in [0.1, 0.15) is 25.7 Å². The van der Waals surface area contributed by atoms with Crippen molar-refractivity contribution >= 4 is 15.9 Å². The molecule has 0 bridgehead atoms. The fourth-order valence-electron chi connectivity index (χ4n) is 2.84. The molecule has 2 rings (SSSR count). The van der Waals surface area contributed by atoms with Gasteiger partial charge in [-0.05, 0) is 12.8 Å². The second kappa shape index (κ2) is 4.79. The third-order valence-corrected chi connectivity index (χ3v) is 5.28. The van der Waals surface area contributed by atoms with Crippen LogP contribution in [0.5, 0.6) is 0 Å². The van der Waals surface area contributed by atoms with Gasteiger partial charge in [-0.3, -0.25) is 4.79 Å². The average Bonchev–Trinajstić information content (AvgIpc) is 2.57. The van der Waals surface area contributed by atoms with Gasteiger partial charge in [0.1, 0.15) is 5.25 Å². The van der Waals surface area contributed by atoms with E-state index in [1.807, 2.05) is 0 Å². The van der Waals surface area contributed by atoms with Gasteiger partial charge < -0.3 is 9.64 Å². The summed E-state index contributed by atoms with van der Waals surface area (Å²) in [6.45, 7) is 1.44. The van der Waals surface area contributed by atoms with Crippen LogP contribution in [0.4, 0.5) is 0 Å². The van der Waals surface area contributed by atoms with Crippen molar-refractivity contribution in [3.63, 3.8) is 0 Å². The molecule has 7 heteroatoms. The van der Waals surface area contributed by atoms with Crippen molar-refractivity contribution in [3.8, 4) is 0 Å². The van der Waals surface area contributed by atoms with Crippen molar-refractivity contribution in [2.45, 2.75) is 30.9 Å². The molecule has 6 nitrogen and oxygen atoms in total. The molecule has 1 unspecified atom stereocenters. The lowest BCUT2D eigenvalue weighted by molar-refractivity contribution is -0.131. The summed E-state index contributed by atoms with van der Waals surface area (Å²) in [5, 5.41) is 4.36. The van der Waals surface area contributed by atoms with Crippen LogP contribution in [-0.2, 0) is 19.6 Å². The first-order valence-corrected chi connectivity index (χ1v) is 7.76. The van der Waals surface area contributed by atoms with Crippen LogP contribution < -0.4 is 5.14 Å². The number of sulfonamides is 1. The quantitative estimate of drug-likeness (QED) is 0.746. The highest BCUT2D eigenvalue weighted by Gasteiger charge is 2.44. The van der Waals surface area contributed by atoms with E-state index in [9.17, 15) is 13.2 Å². The van der Waals surface area contributed by atoms with E-state index < -0.39 is 15.3 Å². The predicted molar refractivity (Wildman–Crippen MR) is 66.3 cm³/mol.